The fourth-order valence-electron chi connectivity index (χ4n) is 4.99. The van der Waals surface area contributed by atoms with Gasteiger partial charge < -0.3 is 9.47 Å². The van der Waals surface area contributed by atoms with E-state index < -0.39 is 0 Å². The SMILES string of the molecule is CC=CC1COC(C2CCC(C3CCC(C=CCl)CC3)CC2)OC1. The van der Waals surface area contributed by atoms with Gasteiger partial charge in [-0.25, -0.2) is 0 Å². The summed E-state index contributed by atoms with van der Waals surface area (Å²) in [6.07, 6.45) is 17.3. The first-order chi connectivity index (χ1) is 11.8. The molecule has 0 spiro atoms. The molecular formula is C21H33ClO2. The van der Waals surface area contributed by atoms with Crippen LogP contribution in [0.3, 0.4) is 0 Å². The molecule has 0 unspecified atom stereocenters. The van der Waals surface area contributed by atoms with E-state index in [2.05, 4.69) is 25.2 Å². The van der Waals surface area contributed by atoms with Crippen molar-refractivity contribution >= 4 is 11.6 Å². The molecular weight excluding hydrogens is 320 g/mol. The van der Waals surface area contributed by atoms with Crippen LogP contribution < -0.4 is 0 Å². The lowest BCUT2D eigenvalue weighted by Gasteiger charge is -2.40. The summed E-state index contributed by atoms with van der Waals surface area (Å²) in [6.45, 7) is 3.72. The van der Waals surface area contributed by atoms with E-state index in [1.165, 1.54) is 51.4 Å². The second-order valence-electron chi connectivity index (χ2n) is 7.99. The number of rotatable bonds is 4. The third-order valence-corrected chi connectivity index (χ3v) is 6.59. The highest BCUT2D eigenvalue weighted by molar-refractivity contribution is 6.25. The summed E-state index contributed by atoms with van der Waals surface area (Å²) in [4.78, 5) is 0. The van der Waals surface area contributed by atoms with E-state index in [1.807, 2.05) is 0 Å². The Hall–Kier alpha value is -0.310. The molecule has 3 heteroatoms. The van der Waals surface area contributed by atoms with Crippen LogP contribution in [-0.4, -0.2) is 19.5 Å². The molecule has 3 rings (SSSR count). The Labute approximate surface area is 152 Å². The number of hydrogen-bond acceptors (Lipinski definition) is 2. The van der Waals surface area contributed by atoms with Crippen LogP contribution in [0.25, 0.3) is 0 Å². The van der Waals surface area contributed by atoms with Gasteiger partial charge in [-0.15, -0.1) is 0 Å². The van der Waals surface area contributed by atoms with E-state index >= 15 is 0 Å². The highest BCUT2D eigenvalue weighted by Crippen LogP contribution is 2.43. The standard InChI is InChI=1S/C21H33ClO2/c1-2-3-17-14-23-21(24-15-17)20-10-8-19(9-11-20)18-6-4-16(5-7-18)12-13-22/h2-3,12-13,16-21H,4-11,14-15H2,1H3. The molecule has 0 aromatic heterocycles. The van der Waals surface area contributed by atoms with Crippen LogP contribution in [0.2, 0.25) is 0 Å². The zero-order valence-electron chi connectivity index (χ0n) is 15.0. The molecule has 2 nitrogen and oxygen atoms in total. The second kappa shape index (κ2) is 9.40. The molecule has 1 heterocycles. The monoisotopic (exact) mass is 352 g/mol. The summed E-state index contributed by atoms with van der Waals surface area (Å²) in [5.74, 6) is 3.66. The largest absolute Gasteiger partial charge is 0.352 e. The Balaban J connectivity index is 1.39. The van der Waals surface area contributed by atoms with Gasteiger partial charge in [0.25, 0.3) is 0 Å². The first kappa shape index (κ1) is 18.5. The summed E-state index contributed by atoms with van der Waals surface area (Å²) in [5, 5.41) is 0. The average molecular weight is 353 g/mol. The van der Waals surface area contributed by atoms with Crippen LogP contribution in [-0.2, 0) is 9.47 Å². The fourth-order valence-corrected chi connectivity index (χ4v) is 5.19. The van der Waals surface area contributed by atoms with Gasteiger partial charge in [-0.1, -0.05) is 29.8 Å². The van der Waals surface area contributed by atoms with Crippen LogP contribution >= 0.6 is 11.6 Å². The van der Waals surface area contributed by atoms with Crippen molar-refractivity contribution in [3.8, 4) is 0 Å². The van der Waals surface area contributed by atoms with Crippen molar-refractivity contribution < 1.29 is 9.47 Å². The second-order valence-corrected chi connectivity index (χ2v) is 8.24. The predicted molar refractivity (Wildman–Crippen MR) is 99.9 cm³/mol. The topological polar surface area (TPSA) is 18.5 Å². The van der Waals surface area contributed by atoms with Crippen molar-refractivity contribution in [2.24, 2.45) is 29.6 Å². The first-order valence-electron chi connectivity index (χ1n) is 9.93. The van der Waals surface area contributed by atoms with Crippen LogP contribution in [0.5, 0.6) is 0 Å². The highest BCUT2D eigenvalue weighted by Gasteiger charge is 2.35. The molecule has 0 N–H and O–H groups in total. The predicted octanol–water partition coefficient (Wildman–Crippen LogP) is 5.92. The molecule has 24 heavy (non-hydrogen) atoms. The minimum Gasteiger partial charge on any atom is -0.352 e. The molecule has 0 bridgehead atoms. The molecule has 3 aliphatic rings. The molecule has 0 radical (unpaired) electrons. The van der Waals surface area contributed by atoms with Crippen molar-refractivity contribution in [2.45, 2.75) is 64.6 Å². The number of ether oxygens (including phenoxy) is 2. The quantitative estimate of drug-likeness (QED) is 0.585. The minimum atomic E-state index is 0.0528. The van der Waals surface area contributed by atoms with Gasteiger partial charge in [0.15, 0.2) is 6.29 Å². The molecule has 2 aliphatic carbocycles. The van der Waals surface area contributed by atoms with Crippen LogP contribution in [0, 0.1) is 29.6 Å². The lowest BCUT2D eigenvalue weighted by atomic mass is 9.69. The summed E-state index contributed by atoms with van der Waals surface area (Å²) in [7, 11) is 0. The number of allylic oxidation sites excluding steroid dienone is 2. The maximum Gasteiger partial charge on any atom is 0.160 e. The fraction of sp³-hybridized carbons (Fsp3) is 0.810. The molecule has 1 saturated heterocycles. The molecule has 0 amide bonds. The van der Waals surface area contributed by atoms with E-state index in [4.69, 9.17) is 21.1 Å². The average Bonchev–Trinajstić information content (AvgIpc) is 2.64. The Kier molecular flexibility index (Phi) is 7.24. The molecule has 3 fully saturated rings. The number of hydrogen-bond donors (Lipinski definition) is 0. The van der Waals surface area contributed by atoms with E-state index in [-0.39, 0.29) is 6.29 Å². The van der Waals surface area contributed by atoms with Gasteiger partial charge in [0.05, 0.1) is 13.2 Å². The molecule has 1 aliphatic heterocycles. The Bertz CT molecular complexity index is 370. The Morgan fingerprint density at radius 3 is 1.79 bits per heavy atom. The summed E-state index contributed by atoms with van der Waals surface area (Å²) >= 11 is 5.73. The van der Waals surface area contributed by atoms with Gasteiger partial charge in [0, 0.05) is 17.4 Å². The van der Waals surface area contributed by atoms with Crippen molar-refractivity contribution in [3.63, 3.8) is 0 Å². The van der Waals surface area contributed by atoms with Crippen LogP contribution in [0.15, 0.2) is 23.8 Å². The van der Waals surface area contributed by atoms with Gasteiger partial charge in [0.2, 0.25) is 0 Å². The maximum absolute atomic E-state index is 6.01. The van der Waals surface area contributed by atoms with Gasteiger partial charge >= 0.3 is 0 Å². The van der Waals surface area contributed by atoms with Crippen LogP contribution in [0.1, 0.15) is 58.3 Å². The van der Waals surface area contributed by atoms with E-state index in [9.17, 15) is 0 Å². The lowest BCUT2D eigenvalue weighted by molar-refractivity contribution is -0.223. The third-order valence-electron chi connectivity index (χ3n) is 6.44. The van der Waals surface area contributed by atoms with Crippen molar-refractivity contribution in [1.29, 1.82) is 0 Å². The highest BCUT2D eigenvalue weighted by atomic mass is 35.5. The molecule has 136 valence electrons. The van der Waals surface area contributed by atoms with Crippen molar-refractivity contribution in [1.82, 2.24) is 0 Å². The van der Waals surface area contributed by atoms with Crippen LogP contribution in [0.4, 0.5) is 0 Å². The third kappa shape index (κ3) is 4.86. The van der Waals surface area contributed by atoms with E-state index in [1.54, 1.807) is 5.54 Å². The van der Waals surface area contributed by atoms with Crippen molar-refractivity contribution in [3.05, 3.63) is 23.8 Å². The molecule has 2 saturated carbocycles. The number of halogens is 1. The van der Waals surface area contributed by atoms with E-state index in [0.29, 0.717) is 11.8 Å². The minimum absolute atomic E-state index is 0.0528. The van der Waals surface area contributed by atoms with E-state index in [0.717, 1.165) is 31.0 Å². The summed E-state index contributed by atoms with van der Waals surface area (Å²) < 4.78 is 12.0. The van der Waals surface area contributed by atoms with Gasteiger partial charge in [-0.2, -0.15) is 0 Å². The zero-order valence-corrected chi connectivity index (χ0v) is 15.8. The van der Waals surface area contributed by atoms with Gasteiger partial charge in [-0.05, 0) is 76.0 Å². The molecule has 0 atom stereocenters. The smallest absolute Gasteiger partial charge is 0.160 e. The Morgan fingerprint density at radius 1 is 0.708 bits per heavy atom. The zero-order chi connectivity index (χ0) is 16.8. The summed E-state index contributed by atoms with van der Waals surface area (Å²) in [6, 6.07) is 0. The van der Waals surface area contributed by atoms with Gasteiger partial charge in [0.1, 0.15) is 0 Å². The lowest BCUT2D eigenvalue weighted by Crippen LogP contribution is -2.38. The summed E-state index contributed by atoms with van der Waals surface area (Å²) in [5.41, 5.74) is 1.71. The van der Waals surface area contributed by atoms with Gasteiger partial charge in [-0.3, -0.25) is 0 Å². The normalized spacial score (nSPS) is 41.9. The maximum atomic E-state index is 6.01. The Morgan fingerprint density at radius 2 is 1.25 bits per heavy atom. The molecule has 0 aromatic rings. The van der Waals surface area contributed by atoms with Crippen molar-refractivity contribution in [2.75, 3.05) is 13.2 Å². The molecule has 0 aromatic carbocycles. The first-order valence-corrected chi connectivity index (χ1v) is 10.4.